The Hall–Kier alpha value is -3.09. The molecule has 0 saturated heterocycles. The molecule has 0 amide bonds. The van der Waals surface area contributed by atoms with Crippen molar-refractivity contribution in [1.82, 2.24) is 0 Å². The lowest BCUT2D eigenvalue weighted by Gasteiger charge is -2.24. The minimum atomic E-state index is -4.46. The molecule has 0 aliphatic carbocycles. The van der Waals surface area contributed by atoms with Crippen LogP contribution in [0.1, 0.15) is 29.0 Å². The van der Waals surface area contributed by atoms with Crippen molar-refractivity contribution in [2.24, 2.45) is 0 Å². The molecule has 0 saturated carbocycles. The number of benzene rings is 2. The summed E-state index contributed by atoms with van der Waals surface area (Å²) < 4.78 is 48.9. The average Bonchev–Trinajstić information content (AvgIpc) is 2.60. The highest BCUT2D eigenvalue weighted by Gasteiger charge is 2.35. The Morgan fingerprint density at radius 1 is 0.962 bits per heavy atom. The summed E-state index contributed by atoms with van der Waals surface area (Å²) in [5.41, 5.74) is -0.639. The molecule has 2 heterocycles. The Labute approximate surface area is 144 Å². The molecule has 4 nitrogen and oxygen atoms in total. The summed E-state index contributed by atoms with van der Waals surface area (Å²) in [5, 5.41) is 0.465. The topological polar surface area (TPSA) is 56.5 Å². The van der Waals surface area contributed by atoms with Gasteiger partial charge in [-0.15, -0.1) is 0 Å². The highest BCUT2D eigenvalue weighted by atomic mass is 19.4. The van der Waals surface area contributed by atoms with E-state index in [4.69, 9.17) is 9.15 Å². The molecule has 0 unspecified atom stereocenters. The van der Waals surface area contributed by atoms with Gasteiger partial charge in [-0.25, -0.2) is 4.79 Å². The van der Waals surface area contributed by atoms with Crippen LogP contribution in [0.25, 0.3) is 11.0 Å². The molecule has 7 heteroatoms. The van der Waals surface area contributed by atoms with Crippen LogP contribution in [0.3, 0.4) is 0 Å². The minimum Gasteiger partial charge on any atom is -0.425 e. The quantitative estimate of drug-likeness (QED) is 0.481. The fourth-order valence-electron chi connectivity index (χ4n) is 3.16. The zero-order chi connectivity index (χ0) is 18.5. The molecule has 3 aromatic rings. The van der Waals surface area contributed by atoms with Crippen LogP contribution in [0.5, 0.6) is 5.75 Å². The van der Waals surface area contributed by atoms with Gasteiger partial charge in [-0.05, 0) is 29.8 Å². The Kier molecular flexibility index (Phi) is 3.61. The minimum absolute atomic E-state index is 0.109. The smallest absolute Gasteiger partial charge is 0.416 e. The normalized spacial score (nSPS) is 17.0. The molecule has 26 heavy (non-hydrogen) atoms. The second kappa shape index (κ2) is 5.72. The molecular formula is C19H11F3O4. The largest absolute Gasteiger partial charge is 0.425 e. The number of rotatable bonds is 1. The maximum Gasteiger partial charge on any atom is 0.416 e. The molecule has 0 N–H and O–H groups in total. The van der Waals surface area contributed by atoms with Crippen LogP contribution < -0.4 is 10.4 Å². The summed E-state index contributed by atoms with van der Waals surface area (Å²) in [6.07, 6.45) is -4.61. The van der Waals surface area contributed by atoms with Crippen molar-refractivity contribution < 1.29 is 27.1 Å². The summed E-state index contributed by atoms with van der Waals surface area (Å²) in [6.45, 7) is 0. The van der Waals surface area contributed by atoms with Gasteiger partial charge in [0.15, 0.2) is 5.75 Å². The number of para-hydroxylation sites is 1. The summed E-state index contributed by atoms with van der Waals surface area (Å²) in [7, 11) is 0. The van der Waals surface area contributed by atoms with Crippen molar-refractivity contribution in [2.75, 3.05) is 0 Å². The van der Waals surface area contributed by atoms with Gasteiger partial charge in [0.25, 0.3) is 0 Å². The van der Waals surface area contributed by atoms with Crippen LogP contribution >= 0.6 is 0 Å². The zero-order valence-corrected chi connectivity index (χ0v) is 13.2. The third-order valence-electron chi connectivity index (χ3n) is 4.37. The predicted octanol–water partition coefficient (Wildman–Crippen LogP) is 4.25. The lowest BCUT2D eigenvalue weighted by atomic mass is 9.86. The van der Waals surface area contributed by atoms with Gasteiger partial charge in [-0.2, -0.15) is 13.2 Å². The van der Waals surface area contributed by atoms with E-state index in [0.29, 0.717) is 10.9 Å². The second-order valence-electron chi connectivity index (χ2n) is 5.98. The van der Waals surface area contributed by atoms with Gasteiger partial charge in [0.05, 0.1) is 22.9 Å². The summed E-state index contributed by atoms with van der Waals surface area (Å²) >= 11 is 0. The van der Waals surface area contributed by atoms with Crippen LogP contribution in [-0.2, 0) is 11.0 Å². The van der Waals surface area contributed by atoms with E-state index in [1.165, 1.54) is 12.1 Å². The van der Waals surface area contributed by atoms with Crippen molar-refractivity contribution in [2.45, 2.75) is 18.5 Å². The Morgan fingerprint density at radius 2 is 1.65 bits per heavy atom. The maximum absolute atomic E-state index is 12.8. The Morgan fingerprint density at radius 3 is 2.35 bits per heavy atom. The van der Waals surface area contributed by atoms with Crippen molar-refractivity contribution in [3.8, 4) is 5.75 Å². The first-order chi connectivity index (χ1) is 12.3. The number of fused-ring (bicyclic) bond motifs is 3. The maximum atomic E-state index is 12.8. The molecule has 1 aliphatic heterocycles. The van der Waals surface area contributed by atoms with Gasteiger partial charge < -0.3 is 9.15 Å². The Bertz CT molecular complexity index is 1060. The second-order valence-corrected chi connectivity index (χ2v) is 5.98. The number of hydrogen-bond acceptors (Lipinski definition) is 4. The van der Waals surface area contributed by atoms with E-state index in [-0.39, 0.29) is 23.3 Å². The van der Waals surface area contributed by atoms with Crippen LogP contribution in [0, 0.1) is 0 Å². The van der Waals surface area contributed by atoms with E-state index < -0.39 is 29.3 Å². The van der Waals surface area contributed by atoms with Gasteiger partial charge in [0.1, 0.15) is 5.58 Å². The van der Waals surface area contributed by atoms with Crippen LogP contribution in [0.4, 0.5) is 13.2 Å². The van der Waals surface area contributed by atoms with E-state index in [1.54, 1.807) is 24.3 Å². The zero-order valence-electron chi connectivity index (χ0n) is 13.2. The van der Waals surface area contributed by atoms with Gasteiger partial charge in [0, 0.05) is 5.92 Å². The monoisotopic (exact) mass is 360 g/mol. The fourth-order valence-corrected chi connectivity index (χ4v) is 3.16. The highest BCUT2D eigenvalue weighted by Crippen LogP contribution is 2.41. The molecule has 132 valence electrons. The van der Waals surface area contributed by atoms with E-state index in [2.05, 4.69) is 0 Å². The first kappa shape index (κ1) is 16.4. The lowest BCUT2D eigenvalue weighted by molar-refractivity contribution is -0.138. The summed E-state index contributed by atoms with van der Waals surface area (Å²) in [4.78, 5) is 24.5. The average molecular weight is 360 g/mol. The van der Waals surface area contributed by atoms with Crippen molar-refractivity contribution in [3.05, 3.63) is 75.6 Å². The molecule has 1 aliphatic rings. The first-order valence-electron chi connectivity index (χ1n) is 7.78. The van der Waals surface area contributed by atoms with Crippen LogP contribution in [-0.4, -0.2) is 5.97 Å². The number of hydrogen-bond donors (Lipinski definition) is 0. The first-order valence-corrected chi connectivity index (χ1v) is 7.78. The third-order valence-corrected chi connectivity index (χ3v) is 4.37. The fraction of sp³-hybridized carbons (Fsp3) is 0.158. The Balaban J connectivity index is 1.89. The number of carbonyl (C=O) groups excluding carboxylic acids is 1. The molecule has 0 fully saturated rings. The van der Waals surface area contributed by atoms with Crippen molar-refractivity contribution >= 4 is 16.9 Å². The van der Waals surface area contributed by atoms with Crippen molar-refractivity contribution in [1.29, 1.82) is 0 Å². The van der Waals surface area contributed by atoms with Gasteiger partial charge in [0.2, 0.25) is 0 Å². The molecule has 1 atom stereocenters. The van der Waals surface area contributed by atoms with Gasteiger partial charge in [-0.3, -0.25) is 4.79 Å². The number of alkyl halides is 3. The molecule has 0 bridgehead atoms. The molecular weight excluding hydrogens is 349 g/mol. The SMILES string of the molecule is O=C1C[C@@H](c2ccc(C(F)(F)F)cc2)c2c(c3ccccc3oc2=O)O1. The number of halogens is 3. The predicted molar refractivity (Wildman–Crippen MR) is 86.0 cm³/mol. The molecule has 0 spiro atoms. The van der Waals surface area contributed by atoms with Crippen LogP contribution in [0.15, 0.2) is 57.7 Å². The standard InChI is InChI=1S/C19H11F3O4/c20-19(21,22)11-7-5-10(6-8-11)13-9-15(23)26-17-12-3-1-2-4-14(12)25-18(24)16(13)17/h1-8,13H,9H2/t13-/m0/s1. The van der Waals surface area contributed by atoms with Gasteiger partial charge >= 0.3 is 17.8 Å². The van der Waals surface area contributed by atoms with Crippen molar-refractivity contribution in [3.63, 3.8) is 0 Å². The highest BCUT2D eigenvalue weighted by molar-refractivity contribution is 5.90. The van der Waals surface area contributed by atoms with E-state index >= 15 is 0 Å². The van der Waals surface area contributed by atoms with Crippen LogP contribution in [0.2, 0.25) is 0 Å². The lowest BCUT2D eigenvalue weighted by Crippen LogP contribution is -2.26. The van der Waals surface area contributed by atoms with E-state index in [9.17, 15) is 22.8 Å². The number of ether oxygens (including phenoxy) is 1. The molecule has 1 aromatic heterocycles. The van der Waals surface area contributed by atoms with E-state index in [1.807, 2.05) is 0 Å². The van der Waals surface area contributed by atoms with E-state index in [0.717, 1.165) is 12.1 Å². The summed E-state index contributed by atoms with van der Waals surface area (Å²) in [5.74, 6) is -1.18. The van der Waals surface area contributed by atoms with Gasteiger partial charge in [-0.1, -0.05) is 24.3 Å². The third kappa shape index (κ3) is 2.65. The molecule has 0 radical (unpaired) electrons. The number of esters is 1. The molecule has 2 aromatic carbocycles. The summed E-state index contributed by atoms with van der Waals surface area (Å²) in [6, 6.07) is 11.0. The number of carbonyl (C=O) groups is 1. The molecule has 4 rings (SSSR count).